The quantitative estimate of drug-likeness (QED) is 0.748. The lowest BCUT2D eigenvalue weighted by Crippen LogP contribution is -2.50. The molecule has 0 radical (unpaired) electrons. The van der Waals surface area contributed by atoms with E-state index in [0.717, 1.165) is 19.3 Å². The van der Waals surface area contributed by atoms with Crippen molar-refractivity contribution in [2.24, 2.45) is 0 Å². The van der Waals surface area contributed by atoms with E-state index in [4.69, 9.17) is 9.84 Å². The molecule has 2 amide bonds. The molecule has 6 heteroatoms. The maximum atomic E-state index is 11.9. The first-order valence-electron chi connectivity index (χ1n) is 6.94. The number of carboxylic acid groups (broad SMARTS) is 1. The highest BCUT2D eigenvalue weighted by atomic mass is 16.5. The Hall–Kier alpha value is -2.08. The number of amides is 2. The van der Waals surface area contributed by atoms with Gasteiger partial charge in [0.15, 0.2) is 0 Å². The van der Waals surface area contributed by atoms with Gasteiger partial charge < -0.3 is 20.5 Å². The SMILES string of the molecule is COC1(CNC(=O)Nc2cccc(CC(=O)O)c2)CCC1. The number of carbonyl (C=O) groups is 2. The molecule has 1 aliphatic carbocycles. The average molecular weight is 292 g/mol. The lowest BCUT2D eigenvalue weighted by Gasteiger charge is -2.40. The van der Waals surface area contributed by atoms with Crippen LogP contribution < -0.4 is 10.6 Å². The zero-order valence-corrected chi connectivity index (χ0v) is 12.0. The second-order valence-electron chi connectivity index (χ2n) is 5.32. The fourth-order valence-corrected chi connectivity index (χ4v) is 2.37. The number of aliphatic carboxylic acids is 1. The molecule has 114 valence electrons. The minimum Gasteiger partial charge on any atom is -0.481 e. The van der Waals surface area contributed by atoms with Gasteiger partial charge in [-0.2, -0.15) is 0 Å². The van der Waals surface area contributed by atoms with Crippen LogP contribution in [0.1, 0.15) is 24.8 Å². The van der Waals surface area contributed by atoms with E-state index >= 15 is 0 Å². The van der Waals surface area contributed by atoms with Crippen molar-refractivity contribution in [2.75, 3.05) is 19.0 Å². The van der Waals surface area contributed by atoms with Crippen LogP contribution in [-0.4, -0.2) is 36.4 Å². The van der Waals surface area contributed by atoms with Crippen molar-refractivity contribution in [2.45, 2.75) is 31.3 Å². The summed E-state index contributed by atoms with van der Waals surface area (Å²) < 4.78 is 5.43. The van der Waals surface area contributed by atoms with Gasteiger partial charge in [0.1, 0.15) is 0 Å². The molecule has 1 aromatic rings. The molecule has 1 saturated carbocycles. The van der Waals surface area contributed by atoms with Crippen LogP contribution in [0.3, 0.4) is 0 Å². The van der Waals surface area contributed by atoms with Crippen molar-refractivity contribution in [1.82, 2.24) is 5.32 Å². The van der Waals surface area contributed by atoms with Gasteiger partial charge in [-0.3, -0.25) is 4.79 Å². The molecule has 1 fully saturated rings. The maximum Gasteiger partial charge on any atom is 0.319 e. The van der Waals surface area contributed by atoms with Crippen LogP contribution in [0, 0.1) is 0 Å². The first-order valence-corrected chi connectivity index (χ1v) is 6.94. The van der Waals surface area contributed by atoms with Crippen molar-refractivity contribution >= 4 is 17.7 Å². The first-order chi connectivity index (χ1) is 10.0. The van der Waals surface area contributed by atoms with Crippen molar-refractivity contribution in [3.8, 4) is 0 Å². The van der Waals surface area contributed by atoms with Gasteiger partial charge in [-0.25, -0.2) is 4.79 Å². The highest BCUT2D eigenvalue weighted by molar-refractivity contribution is 5.89. The predicted molar refractivity (Wildman–Crippen MR) is 78.4 cm³/mol. The molecule has 0 atom stereocenters. The van der Waals surface area contributed by atoms with Crippen LogP contribution in [0.5, 0.6) is 0 Å². The largest absolute Gasteiger partial charge is 0.481 e. The Labute approximate surface area is 123 Å². The lowest BCUT2D eigenvalue weighted by molar-refractivity contribution is -0.136. The van der Waals surface area contributed by atoms with Crippen LogP contribution in [0.2, 0.25) is 0 Å². The van der Waals surface area contributed by atoms with E-state index in [0.29, 0.717) is 17.8 Å². The van der Waals surface area contributed by atoms with E-state index < -0.39 is 5.97 Å². The molecule has 6 nitrogen and oxygen atoms in total. The molecule has 0 saturated heterocycles. The number of carbonyl (C=O) groups excluding carboxylic acids is 1. The summed E-state index contributed by atoms with van der Waals surface area (Å²) >= 11 is 0. The summed E-state index contributed by atoms with van der Waals surface area (Å²) in [6.45, 7) is 0.476. The van der Waals surface area contributed by atoms with E-state index in [1.165, 1.54) is 0 Å². The predicted octanol–water partition coefficient (Wildman–Crippen LogP) is 2.00. The van der Waals surface area contributed by atoms with Gasteiger partial charge in [0.05, 0.1) is 12.0 Å². The van der Waals surface area contributed by atoms with Gasteiger partial charge in [-0.05, 0) is 37.0 Å². The maximum absolute atomic E-state index is 11.9. The fraction of sp³-hybridized carbons (Fsp3) is 0.467. The number of rotatable bonds is 6. The topological polar surface area (TPSA) is 87.7 Å². The normalized spacial score (nSPS) is 15.9. The van der Waals surface area contributed by atoms with Gasteiger partial charge in [-0.1, -0.05) is 12.1 Å². The Morgan fingerprint density at radius 3 is 2.71 bits per heavy atom. The van der Waals surface area contributed by atoms with E-state index in [2.05, 4.69) is 10.6 Å². The van der Waals surface area contributed by atoms with Crippen molar-refractivity contribution in [1.29, 1.82) is 0 Å². The number of benzene rings is 1. The number of methoxy groups -OCH3 is 1. The summed E-state index contributed by atoms with van der Waals surface area (Å²) in [4.78, 5) is 22.5. The van der Waals surface area contributed by atoms with Gasteiger partial charge >= 0.3 is 12.0 Å². The Balaban J connectivity index is 1.86. The molecule has 1 aliphatic rings. The number of anilines is 1. The summed E-state index contributed by atoms with van der Waals surface area (Å²) in [5.74, 6) is -0.899. The van der Waals surface area contributed by atoms with Crippen molar-refractivity contribution in [3.63, 3.8) is 0 Å². The van der Waals surface area contributed by atoms with E-state index in [1.807, 2.05) is 0 Å². The Morgan fingerprint density at radius 2 is 2.14 bits per heavy atom. The van der Waals surface area contributed by atoms with Crippen LogP contribution in [-0.2, 0) is 16.0 Å². The molecule has 2 rings (SSSR count). The molecular formula is C15H20N2O4. The van der Waals surface area contributed by atoms with Gasteiger partial charge in [0.25, 0.3) is 0 Å². The summed E-state index contributed by atoms with van der Waals surface area (Å²) in [7, 11) is 1.66. The monoisotopic (exact) mass is 292 g/mol. The molecule has 0 aromatic heterocycles. The second kappa shape index (κ2) is 6.58. The lowest BCUT2D eigenvalue weighted by atomic mass is 9.80. The third-order valence-electron chi connectivity index (χ3n) is 3.81. The summed E-state index contributed by atoms with van der Waals surface area (Å²) in [5, 5.41) is 14.3. The molecule has 0 heterocycles. The third kappa shape index (κ3) is 4.19. The number of urea groups is 1. The minimum atomic E-state index is -0.899. The number of hydrogen-bond acceptors (Lipinski definition) is 3. The number of hydrogen-bond donors (Lipinski definition) is 3. The zero-order valence-electron chi connectivity index (χ0n) is 12.0. The number of ether oxygens (including phenoxy) is 1. The molecule has 0 aliphatic heterocycles. The van der Waals surface area contributed by atoms with Crippen molar-refractivity contribution in [3.05, 3.63) is 29.8 Å². The molecule has 3 N–H and O–H groups in total. The molecule has 0 bridgehead atoms. The Kier molecular flexibility index (Phi) is 4.80. The summed E-state index contributed by atoms with van der Waals surface area (Å²) in [6.07, 6.45) is 2.97. The van der Waals surface area contributed by atoms with E-state index in [-0.39, 0.29) is 18.1 Å². The van der Waals surface area contributed by atoms with Crippen LogP contribution in [0.25, 0.3) is 0 Å². The van der Waals surface area contributed by atoms with E-state index in [1.54, 1.807) is 31.4 Å². The highest BCUT2D eigenvalue weighted by Gasteiger charge is 2.37. The smallest absolute Gasteiger partial charge is 0.319 e. The third-order valence-corrected chi connectivity index (χ3v) is 3.81. The van der Waals surface area contributed by atoms with Crippen molar-refractivity contribution < 1.29 is 19.4 Å². The average Bonchev–Trinajstić information content (AvgIpc) is 2.37. The zero-order chi connectivity index (χ0) is 15.3. The van der Waals surface area contributed by atoms with E-state index in [9.17, 15) is 9.59 Å². The molecule has 0 spiro atoms. The minimum absolute atomic E-state index is 0.0656. The second-order valence-corrected chi connectivity index (χ2v) is 5.32. The molecular weight excluding hydrogens is 272 g/mol. The van der Waals surface area contributed by atoms with Gasteiger partial charge in [-0.15, -0.1) is 0 Å². The van der Waals surface area contributed by atoms with Gasteiger partial charge in [0, 0.05) is 19.3 Å². The first kappa shape index (κ1) is 15.3. The van der Waals surface area contributed by atoms with Crippen LogP contribution in [0.15, 0.2) is 24.3 Å². The molecule has 0 unspecified atom stereocenters. The standard InChI is InChI=1S/C15H20N2O4/c1-21-15(6-3-7-15)10-16-14(20)17-12-5-2-4-11(8-12)9-13(18)19/h2,4-5,8H,3,6-7,9-10H2,1H3,(H,18,19)(H2,16,17,20). The Bertz CT molecular complexity index is 521. The van der Waals surface area contributed by atoms with Crippen LogP contribution >= 0.6 is 0 Å². The summed E-state index contributed by atoms with van der Waals surface area (Å²) in [5.41, 5.74) is 1.00. The highest BCUT2D eigenvalue weighted by Crippen LogP contribution is 2.34. The Morgan fingerprint density at radius 1 is 1.38 bits per heavy atom. The van der Waals surface area contributed by atoms with Crippen LogP contribution in [0.4, 0.5) is 10.5 Å². The van der Waals surface area contributed by atoms with Gasteiger partial charge in [0.2, 0.25) is 0 Å². The summed E-state index contributed by atoms with van der Waals surface area (Å²) in [6, 6.07) is 6.50. The fourth-order valence-electron chi connectivity index (χ4n) is 2.37. The number of carboxylic acids is 1. The number of nitrogens with one attached hydrogen (secondary N) is 2. The molecule has 1 aromatic carbocycles. The molecule has 21 heavy (non-hydrogen) atoms.